The SMILES string of the molecule is CNC(C)c1ccc(N(C)c2cccc(C)c2)cc1O. The van der Waals surface area contributed by atoms with Crippen molar-refractivity contribution in [2.75, 3.05) is 19.0 Å². The molecule has 0 heterocycles. The highest BCUT2D eigenvalue weighted by Crippen LogP contribution is 2.31. The molecule has 3 nitrogen and oxygen atoms in total. The van der Waals surface area contributed by atoms with E-state index in [0.29, 0.717) is 5.75 Å². The largest absolute Gasteiger partial charge is 0.508 e. The van der Waals surface area contributed by atoms with Crippen LogP contribution in [-0.4, -0.2) is 19.2 Å². The molecule has 2 aromatic rings. The summed E-state index contributed by atoms with van der Waals surface area (Å²) in [4.78, 5) is 2.07. The Morgan fingerprint density at radius 2 is 1.80 bits per heavy atom. The Labute approximate surface area is 120 Å². The molecular formula is C17H22N2O. The summed E-state index contributed by atoms with van der Waals surface area (Å²) in [5.74, 6) is 0.323. The quantitative estimate of drug-likeness (QED) is 0.888. The van der Waals surface area contributed by atoms with E-state index in [0.717, 1.165) is 16.9 Å². The first-order chi connectivity index (χ1) is 9.52. The lowest BCUT2D eigenvalue weighted by Crippen LogP contribution is -2.13. The highest BCUT2D eigenvalue weighted by atomic mass is 16.3. The zero-order chi connectivity index (χ0) is 14.7. The van der Waals surface area contributed by atoms with E-state index in [4.69, 9.17) is 0 Å². The molecule has 20 heavy (non-hydrogen) atoms. The summed E-state index contributed by atoms with van der Waals surface area (Å²) in [7, 11) is 3.89. The van der Waals surface area contributed by atoms with E-state index in [9.17, 15) is 5.11 Å². The minimum Gasteiger partial charge on any atom is -0.508 e. The second-order valence-electron chi connectivity index (χ2n) is 5.15. The van der Waals surface area contributed by atoms with E-state index >= 15 is 0 Å². The standard InChI is InChI=1S/C17H22N2O/c1-12-6-5-7-14(10-12)19(4)15-8-9-16(13(2)18-3)17(20)11-15/h5-11,13,18,20H,1-4H3. The van der Waals surface area contributed by atoms with E-state index in [1.165, 1.54) is 5.56 Å². The van der Waals surface area contributed by atoms with Gasteiger partial charge in [0.15, 0.2) is 0 Å². The maximum Gasteiger partial charge on any atom is 0.122 e. The molecule has 0 fully saturated rings. The molecule has 0 saturated heterocycles. The molecule has 0 saturated carbocycles. The number of benzene rings is 2. The van der Waals surface area contributed by atoms with Crippen LogP contribution in [0.5, 0.6) is 5.75 Å². The van der Waals surface area contributed by atoms with Crippen molar-refractivity contribution < 1.29 is 5.11 Å². The average molecular weight is 270 g/mol. The predicted octanol–water partition coefficient (Wildman–Crippen LogP) is 3.75. The normalized spacial score (nSPS) is 12.2. The molecule has 0 aliphatic rings. The van der Waals surface area contributed by atoms with Crippen LogP contribution in [0.4, 0.5) is 11.4 Å². The monoisotopic (exact) mass is 270 g/mol. The molecule has 1 atom stereocenters. The number of aromatic hydroxyl groups is 1. The van der Waals surface area contributed by atoms with Crippen molar-refractivity contribution >= 4 is 11.4 Å². The third-order valence-corrected chi connectivity index (χ3v) is 3.69. The number of phenolic OH excluding ortho intramolecular Hbond substituents is 1. The fourth-order valence-corrected chi connectivity index (χ4v) is 2.25. The van der Waals surface area contributed by atoms with E-state index < -0.39 is 0 Å². The molecule has 0 radical (unpaired) electrons. The van der Waals surface area contributed by atoms with Gasteiger partial charge in [-0.05, 0) is 44.7 Å². The van der Waals surface area contributed by atoms with E-state index in [-0.39, 0.29) is 6.04 Å². The van der Waals surface area contributed by atoms with Gasteiger partial charge in [0.05, 0.1) is 0 Å². The van der Waals surface area contributed by atoms with Crippen LogP contribution in [0.25, 0.3) is 0 Å². The smallest absolute Gasteiger partial charge is 0.122 e. The van der Waals surface area contributed by atoms with E-state index in [1.807, 2.05) is 45.3 Å². The zero-order valence-corrected chi connectivity index (χ0v) is 12.5. The van der Waals surface area contributed by atoms with E-state index in [1.54, 1.807) is 0 Å². The van der Waals surface area contributed by atoms with Crippen LogP contribution in [0.15, 0.2) is 42.5 Å². The number of phenols is 1. The van der Waals surface area contributed by atoms with Gasteiger partial charge in [-0.2, -0.15) is 0 Å². The molecule has 2 aromatic carbocycles. The number of hydrogen-bond acceptors (Lipinski definition) is 3. The first-order valence-corrected chi connectivity index (χ1v) is 6.83. The lowest BCUT2D eigenvalue weighted by Gasteiger charge is -2.22. The highest BCUT2D eigenvalue weighted by molar-refractivity contribution is 5.65. The summed E-state index contributed by atoms with van der Waals surface area (Å²) >= 11 is 0. The third kappa shape index (κ3) is 2.94. The second-order valence-corrected chi connectivity index (χ2v) is 5.15. The van der Waals surface area contributed by atoms with E-state index in [2.05, 4.69) is 35.3 Å². The second kappa shape index (κ2) is 5.97. The summed E-state index contributed by atoms with van der Waals surface area (Å²) in [6.45, 7) is 4.10. The van der Waals surface area contributed by atoms with Gasteiger partial charge < -0.3 is 15.3 Å². The molecule has 0 aromatic heterocycles. The number of hydrogen-bond donors (Lipinski definition) is 2. The molecular weight excluding hydrogens is 248 g/mol. The van der Waals surface area contributed by atoms with Crippen LogP contribution in [0.3, 0.4) is 0 Å². The number of nitrogens with one attached hydrogen (secondary N) is 1. The Bertz CT molecular complexity index is 595. The van der Waals surface area contributed by atoms with Gasteiger partial charge in [-0.25, -0.2) is 0 Å². The summed E-state index contributed by atoms with van der Waals surface area (Å²) in [6.07, 6.45) is 0. The molecule has 0 aliphatic heterocycles. The lowest BCUT2D eigenvalue weighted by atomic mass is 10.1. The minimum absolute atomic E-state index is 0.133. The molecule has 2 N–H and O–H groups in total. The predicted molar refractivity (Wildman–Crippen MR) is 84.8 cm³/mol. The van der Waals surface area contributed by atoms with Gasteiger partial charge in [0.1, 0.15) is 5.75 Å². The molecule has 0 bridgehead atoms. The van der Waals surface area contributed by atoms with Gasteiger partial charge in [-0.15, -0.1) is 0 Å². The molecule has 0 aliphatic carbocycles. The van der Waals surface area contributed by atoms with Gasteiger partial charge in [0.25, 0.3) is 0 Å². The number of nitrogens with zero attached hydrogens (tertiary/aromatic N) is 1. The van der Waals surface area contributed by atoms with Gasteiger partial charge in [0, 0.05) is 36.1 Å². The Balaban J connectivity index is 2.32. The minimum atomic E-state index is 0.133. The first kappa shape index (κ1) is 14.4. The van der Waals surface area contributed by atoms with Crippen LogP contribution in [0, 0.1) is 6.92 Å². The van der Waals surface area contributed by atoms with Crippen LogP contribution < -0.4 is 10.2 Å². The fourth-order valence-electron chi connectivity index (χ4n) is 2.25. The lowest BCUT2D eigenvalue weighted by molar-refractivity contribution is 0.458. The first-order valence-electron chi connectivity index (χ1n) is 6.83. The highest BCUT2D eigenvalue weighted by Gasteiger charge is 2.11. The Kier molecular flexibility index (Phi) is 4.30. The molecule has 3 heteroatoms. The summed E-state index contributed by atoms with van der Waals surface area (Å²) in [5, 5.41) is 13.3. The van der Waals surface area contributed by atoms with Gasteiger partial charge in [-0.3, -0.25) is 0 Å². The van der Waals surface area contributed by atoms with Crippen molar-refractivity contribution in [2.24, 2.45) is 0 Å². The Morgan fingerprint density at radius 1 is 1.10 bits per heavy atom. The maximum atomic E-state index is 10.2. The van der Waals surface area contributed by atoms with Crippen LogP contribution in [0.2, 0.25) is 0 Å². The van der Waals surface area contributed by atoms with Gasteiger partial charge in [-0.1, -0.05) is 18.2 Å². The molecule has 0 spiro atoms. The Hall–Kier alpha value is -2.00. The number of aryl methyl sites for hydroxylation is 1. The number of anilines is 2. The van der Waals surface area contributed by atoms with Crippen molar-refractivity contribution in [2.45, 2.75) is 19.9 Å². The average Bonchev–Trinajstić information content (AvgIpc) is 2.45. The third-order valence-electron chi connectivity index (χ3n) is 3.69. The molecule has 106 valence electrons. The fraction of sp³-hybridized carbons (Fsp3) is 0.294. The maximum absolute atomic E-state index is 10.2. The zero-order valence-electron chi connectivity index (χ0n) is 12.5. The Morgan fingerprint density at radius 3 is 2.40 bits per heavy atom. The van der Waals surface area contributed by atoms with Crippen molar-refractivity contribution in [3.8, 4) is 5.75 Å². The van der Waals surface area contributed by atoms with Gasteiger partial charge in [0.2, 0.25) is 0 Å². The summed E-state index contributed by atoms with van der Waals surface area (Å²) < 4.78 is 0. The molecule has 2 rings (SSSR count). The van der Waals surface area contributed by atoms with Crippen molar-refractivity contribution in [1.82, 2.24) is 5.32 Å². The number of rotatable bonds is 4. The van der Waals surface area contributed by atoms with Crippen molar-refractivity contribution in [3.05, 3.63) is 53.6 Å². The van der Waals surface area contributed by atoms with Crippen LogP contribution in [0.1, 0.15) is 24.1 Å². The molecule has 1 unspecified atom stereocenters. The summed E-state index contributed by atoms with van der Waals surface area (Å²) in [6, 6.07) is 14.3. The topological polar surface area (TPSA) is 35.5 Å². The van der Waals surface area contributed by atoms with Crippen molar-refractivity contribution in [3.63, 3.8) is 0 Å². The van der Waals surface area contributed by atoms with Crippen molar-refractivity contribution in [1.29, 1.82) is 0 Å². The van der Waals surface area contributed by atoms with Crippen LogP contribution in [-0.2, 0) is 0 Å². The van der Waals surface area contributed by atoms with Crippen LogP contribution >= 0.6 is 0 Å². The molecule has 0 amide bonds. The van der Waals surface area contributed by atoms with Gasteiger partial charge >= 0.3 is 0 Å². The summed E-state index contributed by atoms with van der Waals surface area (Å²) in [5.41, 5.74) is 4.21.